The molecular weight excluding hydrogens is 374 g/mol. The first-order valence-corrected chi connectivity index (χ1v) is 10.3. The van der Waals surface area contributed by atoms with E-state index in [1.807, 2.05) is 18.2 Å². The van der Waals surface area contributed by atoms with Crippen LogP contribution in [0.5, 0.6) is 0 Å². The van der Waals surface area contributed by atoms with E-state index < -0.39 is 16.0 Å². The number of hydrogen-bond donors (Lipinski definition) is 2. The van der Waals surface area contributed by atoms with Gasteiger partial charge in [-0.15, -0.1) is 0 Å². The quantitative estimate of drug-likeness (QED) is 0.790. The summed E-state index contributed by atoms with van der Waals surface area (Å²) in [5.41, 5.74) is 3.11. The summed E-state index contributed by atoms with van der Waals surface area (Å²) in [6.07, 6.45) is 2.51. The zero-order valence-electron chi connectivity index (χ0n) is 14.1. The first kappa shape index (κ1) is 18.9. The van der Waals surface area contributed by atoms with Gasteiger partial charge in [-0.2, -0.15) is 0 Å². The molecule has 3 rings (SSSR count). The van der Waals surface area contributed by atoms with Crippen molar-refractivity contribution in [1.82, 2.24) is 4.72 Å². The molecule has 0 aromatic heterocycles. The minimum Gasteiger partial charge on any atom is -0.481 e. The lowest BCUT2D eigenvalue weighted by Crippen LogP contribution is -2.32. The van der Waals surface area contributed by atoms with E-state index in [4.69, 9.17) is 16.7 Å². The highest BCUT2D eigenvalue weighted by Crippen LogP contribution is 2.27. The molecule has 2 N–H and O–H groups in total. The van der Waals surface area contributed by atoms with Crippen LogP contribution in [-0.4, -0.2) is 26.0 Å². The van der Waals surface area contributed by atoms with Crippen LogP contribution in [-0.2, 0) is 34.1 Å². The van der Waals surface area contributed by atoms with Gasteiger partial charge in [-0.1, -0.05) is 29.8 Å². The molecule has 0 amide bonds. The van der Waals surface area contributed by atoms with Crippen molar-refractivity contribution in [1.29, 1.82) is 0 Å². The van der Waals surface area contributed by atoms with Crippen LogP contribution in [0.15, 0.2) is 47.4 Å². The number of carboxylic acids is 1. The number of halogens is 1. The first-order chi connectivity index (χ1) is 12.3. The Bertz CT molecular complexity index is 910. The van der Waals surface area contributed by atoms with Crippen LogP contribution >= 0.6 is 11.6 Å². The highest BCUT2D eigenvalue weighted by molar-refractivity contribution is 7.89. The molecule has 0 aliphatic heterocycles. The standard InChI is InChI=1S/C19H20ClNO4S/c20-17-5-7-18(8-6-17)26(24,25)21-12-14-2-4-15-3-1-13(11-19(22)23)9-16(15)10-14/h1,3,5-9,14,21H,2,4,10-12H2,(H,22,23). The average Bonchev–Trinajstić information content (AvgIpc) is 2.59. The maximum Gasteiger partial charge on any atom is 0.307 e. The second-order valence-corrected chi connectivity index (χ2v) is 8.79. The number of hydrogen-bond acceptors (Lipinski definition) is 3. The third kappa shape index (κ3) is 4.63. The number of fused-ring (bicyclic) bond motifs is 1. The Hall–Kier alpha value is -1.89. The van der Waals surface area contributed by atoms with Gasteiger partial charge < -0.3 is 5.11 Å². The summed E-state index contributed by atoms with van der Waals surface area (Å²) < 4.78 is 27.5. The van der Waals surface area contributed by atoms with E-state index in [1.165, 1.54) is 17.7 Å². The summed E-state index contributed by atoms with van der Waals surface area (Å²) in [6, 6.07) is 11.9. The molecular formula is C19H20ClNO4S. The smallest absolute Gasteiger partial charge is 0.307 e. The van der Waals surface area contributed by atoms with Crippen LogP contribution in [0, 0.1) is 5.92 Å². The molecule has 2 aromatic carbocycles. The van der Waals surface area contributed by atoms with Crippen molar-refractivity contribution in [3.8, 4) is 0 Å². The molecule has 1 aliphatic carbocycles. The van der Waals surface area contributed by atoms with Crippen LogP contribution in [0.4, 0.5) is 0 Å². The van der Waals surface area contributed by atoms with Crippen LogP contribution < -0.4 is 4.72 Å². The lowest BCUT2D eigenvalue weighted by molar-refractivity contribution is -0.136. The summed E-state index contributed by atoms with van der Waals surface area (Å²) in [6.45, 7) is 0.355. The van der Waals surface area contributed by atoms with E-state index in [0.29, 0.717) is 11.6 Å². The largest absolute Gasteiger partial charge is 0.481 e. The van der Waals surface area contributed by atoms with Crippen molar-refractivity contribution in [3.63, 3.8) is 0 Å². The molecule has 0 heterocycles. The Morgan fingerprint density at radius 2 is 1.88 bits per heavy atom. The van der Waals surface area contributed by atoms with Crippen molar-refractivity contribution >= 4 is 27.6 Å². The van der Waals surface area contributed by atoms with Gasteiger partial charge in [0.25, 0.3) is 0 Å². The van der Waals surface area contributed by atoms with E-state index in [1.54, 1.807) is 12.1 Å². The van der Waals surface area contributed by atoms with Gasteiger partial charge >= 0.3 is 5.97 Å². The van der Waals surface area contributed by atoms with Gasteiger partial charge in [-0.25, -0.2) is 13.1 Å². The number of sulfonamides is 1. The highest BCUT2D eigenvalue weighted by Gasteiger charge is 2.22. The molecule has 7 heteroatoms. The van der Waals surface area contributed by atoms with E-state index in [-0.39, 0.29) is 17.2 Å². The van der Waals surface area contributed by atoms with Gasteiger partial charge in [0.05, 0.1) is 11.3 Å². The summed E-state index contributed by atoms with van der Waals surface area (Å²) in [5.74, 6) is -0.669. The van der Waals surface area contributed by atoms with Crippen molar-refractivity contribution in [2.24, 2.45) is 5.92 Å². The van der Waals surface area contributed by atoms with Gasteiger partial charge in [0.1, 0.15) is 0 Å². The number of aliphatic carboxylic acids is 1. The third-order valence-electron chi connectivity index (χ3n) is 4.64. The number of carbonyl (C=O) groups is 1. The van der Waals surface area contributed by atoms with Crippen LogP contribution in [0.2, 0.25) is 5.02 Å². The highest BCUT2D eigenvalue weighted by atomic mass is 35.5. The maximum atomic E-state index is 12.4. The van der Waals surface area contributed by atoms with Crippen molar-refractivity contribution in [3.05, 3.63) is 64.2 Å². The van der Waals surface area contributed by atoms with Crippen molar-refractivity contribution in [2.75, 3.05) is 6.54 Å². The number of aryl methyl sites for hydroxylation is 1. The minimum atomic E-state index is -3.56. The predicted octanol–water partition coefficient (Wildman–Crippen LogP) is 3.05. The fourth-order valence-corrected chi connectivity index (χ4v) is 4.51. The normalized spacial score (nSPS) is 16.9. The Morgan fingerprint density at radius 1 is 1.15 bits per heavy atom. The Kier molecular flexibility index (Phi) is 5.65. The molecule has 1 unspecified atom stereocenters. The maximum absolute atomic E-state index is 12.4. The third-order valence-corrected chi connectivity index (χ3v) is 6.33. The van der Waals surface area contributed by atoms with Crippen molar-refractivity contribution < 1.29 is 18.3 Å². The zero-order valence-corrected chi connectivity index (χ0v) is 15.7. The Labute approximate surface area is 158 Å². The fraction of sp³-hybridized carbons (Fsp3) is 0.316. The lowest BCUT2D eigenvalue weighted by atomic mass is 9.83. The lowest BCUT2D eigenvalue weighted by Gasteiger charge is -2.25. The molecule has 0 fully saturated rings. The van der Waals surface area contributed by atoms with Crippen LogP contribution in [0.3, 0.4) is 0 Å². The second kappa shape index (κ2) is 7.78. The number of rotatable bonds is 6. The van der Waals surface area contributed by atoms with Gasteiger partial charge in [0.15, 0.2) is 0 Å². The van der Waals surface area contributed by atoms with E-state index in [2.05, 4.69) is 4.72 Å². The molecule has 0 bridgehead atoms. The SMILES string of the molecule is O=C(O)Cc1ccc2c(c1)CC(CNS(=O)(=O)c1ccc(Cl)cc1)CC2. The van der Waals surface area contributed by atoms with Crippen LogP contribution in [0.1, 0.15) is 23.1 Å². The number of benzene rings is 2. The first-order valence-electron chi connectivity index (χ1n) is 8.41. The zero-order chi connectivity index (χ0) is 18.7. The molecule has 138 valence electrons. The summed E-state index contributed by atoms with van der Waals surface area (Å²) in [5, 5.41) is 9.43. The molecule has 1 atom stereocenters. The molecule has 0 saturated carbocycles. The predicted molar refractivity (Wildman–Crippen MR) is 99.9 cm³/mol. The average molecular weight is 394 g/mol. The van der Waals surface area contributed by atoms with E-state index >= 15 is 0 Å². The summed E-state index contributed by atoms with van der Waals surface area (Å²) in [4.78, 5) is 11.1. The molecule has 5 nitrogen and oxygen atoms in total. The Balaban J connectivity index is 1.65. The monoisotopic (exact) mass is 393 g/mol. The van der Waals surface area contributed by atoms with Gasteiger partial charge in [-0.05, 0) is 66.1 Å². The van der Waals surface area contributed by atoms with Crippen molar-refractivity contribution in [2.45, 2.75) is 30.6 Å². The topological polar surface area (TPSA) is 83.5 Å². The van der Waals surface area contributed by atoms with Gasteiger partial charge in [0.2, 0.25) is 10.0 Å². The number of carboxylic acid groups (broad SMARTS) is 1. The minimum absolute atomic E-state index is 0.00113. The molecule has 0 saturated heterocycles. The van der Waals surface area contributed by atoms with E-state index in [0.717, 1.165) is 30.4 Å². The number of nitrogens with one attached hydrogen (secondary N) is 1. The molecule has 1 aliphatic rings. The summed E-state index contributed by atoms with van der Waals surface area (Å²) >= 11 is 5.80. The second-order valence-electron chi connectivity index (χ2n) is 6.59. The molecule has 26 heavy (non-hydrogen) atoms. The van der Waals surface area contributed by atoms with E-state index in [9.17, 15) is 13.2 Å². The molecule has 0 radical (unpaired) electrons. The Morgan fingerprint density at radius 3 is 2.58 bits per heavy atom. The molecule has 0 spiro atoms. The summed E-state index contributed by atoms with van der Waals surface area (Å²) in [7, 11) is -3.56. The fourth-order valence-electron chi connectivity index (χ4n) is 3.27. The molecule has 2 aromatic rings. The van der Waals surface area contributed by atoms with Crippen LogP contribution in [0.25, 0.3) is 0 Å². The van der Waals surface area contributed by atoms with Gasteiger partial charge in [-0.3, -0.25) is 4.79 Å². The van der Waals surface area contributed by atoms with Gasteiger partial charge in [0, 0.05) is 11.6 Å².